The summed E-state index contributed by atoms with van der Waals surface area (Å²) in [5.74, 6) is 1.32. The minimum absolute atomic E-state index is 0.0624. The second kappa shape index (κ2) is 9.50. The van der Waals surface area contributed by atoms with E-state index in [0.717, 1.165) is 23.3 Å². The van der Waals surface area contributed by atoms with Crippen molar-refractivity contribution in [2.75, 3.05) is 6.54 Å². The summed E-state index contributed by atoms with van der Waals surface area (Å²) in [7, 11) is 0. The number of ether oxygens (including phenoxy) is 1. The van der Waals surface area contributed by atoms with Crippen LogP contribution >= 0.6 is 0 Å². The fourth-order valence-electron chi connectivity index (χ4n) is 2.04. The van der Waals surface area contributed by atoms with Crippen molar-refractivity contribution in [1.82, 2.24) is 10.3 Å². The molecule has 0 atom stereocenters. The van der Waals surface area contributed by atoms with Gasteiger partial charge < -0.3 is 10.1 Å². The zero-order valence-corrected chi connectivity index (χ0v) is 14.2. The Morgan fingerprint density at radius 2 is 2.04 bits per heavy atom. The molecule has 0 aliphatic heterocycles. The third-order valence-electron chi connectivity index (χ3n) is 3.46. The maximum Gasteiger partial charge on any atom is 0.243 e. The van der Waals surface area contributed by atoms with E-state index in [1.165, 1.54) is 0 Å². The monoisotopic (exact) mass is 324 g/mol. The Morgan fingerprint density at radius 3 is 2.71 bits per heavy atom. The lowest BCUT2D eigenvalue weighted by molar-refractivity contribution is -0.116. The van der Waals surface area contributed by atoms with Crippen molar-refractivity contribution in [2.45, 2.75) is 26.9 Å². The van der Waals surface area contributed by atoms with Gasteiger partial charge in [-0.25, -0.2) is 0 Å². The standard InChI is InChI=1S/C20H24N2O2/c1-16(2)11-13-22-20(23)10-7-17-5-8-19(9-6-17)24-15-18-4-3-12-21-14-18/h3-10,12,14,16H,11,13,15H2,1-2H3,(H,22,23)/b10-7+. The maximum atomic E-state index is 11.7. The molecule has 0 aliphatic carbocycles. The normalized spacial score (nSPS) is 11.0. The zero-order chi connectivity index (χ0) is 17.2. The van der Waals surface area contributed by atoms with Crippen molar-refractivity contribution >= 4 is 12.0 Å². The number of aromatic nitrogens is 1. The molecule has 2 aromatic rings. The fraction of sp³-hybridized carbons (Fsp3) is 0.300. The van der Waals surface area contributed by atoms with E-state index < -0.39 is 0 Å². The van der Waals surface area contributed by atoms with Gasteiger partial charge in [0.2, 0.25) is 5.91 Å². The number of amides is 1. The number of pyridine rings is 1. The third kappa shape index (κ3) is 6.65. The van der Waals surface area contributed by atoms with Crippen LogP contribution in [-0.2, 0) is 11.4 Å². The molecule has 0 radical (unpaired) electrons. The molecule has 0 saturated carbocycles. The van der Waals surface area contributed by atoms with Crippen LogP contribution in [0.5, 0.6) is 5.75 Å². The first kappa shape index (κ1) is 17.7. The number of carbonyl (C=O) groups is 1. The Balaban J connectivity index is 1.79. The summed E-state index contributed by atoms with van der Waals surface area (Å²) in [6, 6.07) is 11.5. The average Bonchev–Trinajstić information content (AvgIpc) is 2.59. The summed E-state index contributed by atoms with van der Waals surface area (Å²) in [6.45, 7) is 5.48. The Hall–Kier alpha value is -2.62. The molecule has 0 bridgehead atoms. The predicted molar refractivity (Wildman–Crippen MR) is 96.5 cm³/mol. The maximum absolute atomic E-state index is 11.7. The minimum atomic E-state index is -0.0624. The van der Waals surface area contributed by atoms with Crippen LogP contribution in [0.3, 0.4) is 0 Å². The van der Waals surface area contributed by atoms with Gasteiger partial charge in [0.1, 0.15) is 12.4 Å². The summed E-state index contributed by atoms with van der Waals surface area (Å²) >= 11 is 0. The molecule has 126 valence electrons. The van der Waals surface area contributed by atoms with Gasteiger partial charge >= 0.3 is 0 Å². The molecule has 1 heterocycles. The lowest BCUT2D eigenvalue weighted by atomic mass is 10.1. The van der Waals surface area contributed by atoms with E-state index >= 15 is 0 Å². The van der Waals surface area contributed by atoms with Crippen molar-refractivity contribution in [2.24, 2.45) is 5.92 Å². The van der Waals surface area contributed by atoms with E-state index in [2.05, 4.69) is 24.1 Å². The van der Waals surface area contributed by atoms with E-state index in [4.69, 9.17) is 4.74 Å². The van der Waals surface area contributed by atoms with Crippen LogP contribution in [-0.4, -0.2) is 17.4 Å². The minimum Gasteiger partial charge on any atom is -0.489 e. The van der Waals surface area contributed by atoms with Crippen LogP contribution in [0, 0.1) is 5.92 Å². The van der Waals surface area contributed by atoms with Gasteiger partial charge in [-0.1, -0.05) is 32.0 Å². The molecule has 0 fully saturated rings. The molecule has 4 nitrogen and oxygen atoms in total. The van der Waals surface area contributed by atoms with Gasteiger partial charge in [-0.3, -0.25) is 9.78 Å². The van der Waals surface area contributed by atoms with Gasteiger partial charge in [-0.2, -0.15) is 0 Å². The first-order chi connectivity index (χ1) is 11.6. The van der Waals surface area contributed by atoms with Crippen LogP contribution in [0.15, 0.2) is 54.9 Å². The van der Waals surface area contributed by atoms with Gasteiger partial charge in [-0.15, -0.1) is 0 Å². The molecular formula is C20H24N2O2. The van der Waals surface area contributed by atoms with E-state index in [-0.39, 0.29) is 5.91 Å². The van der Waals surface area contributed by atoms with Gasteiger partial charge in [0, 0.05) is 30.6 Å². The van der Waals surface area contributed by atoms with Gasteiger partial charge in [-0.05, 0) is 42.2 Å². The van der Waals surface area contributed by atoms with Crippen LogP contribution < -0.4 is 10.1 Å². The van der Waals surface area contributed by atoms with Crippen LogP contribution in [0.25, 0.3) is 6.08 Å². The summed E-state index contributed by atoms with van der Waals surface area (Å²) in [6.07, 6.45) is 7.88. The average molecular weight is 324 g/mol. The van der Waals surface area contributed by atoms with E-state index in [9.17, 15) is 4.79 Å². The van der Waals surface area contributed by atoms with Crippen molar-refractivity contribution in [3.05, 3.63) is 66.0 Å². The number of carbonyl (C=O) groups excluding carboxylic acids is 1. The number of benzene rings is 1. The molecule has 0 unspecified atom stereocenters. The summed E-state index contributed by atoms with van der Waals surface area (Å²) < 4.78 is 5.70. The molecule has 2 rings (SSSR count). The number of nitrogens with one attached hydrogen (secondary N) is 1. The molecule has 1 N–H and O–H groups in total. The number of hydrogen-bond donors (Lipinski definition) is 1. The second-order valence-corrected chi connectivity index (χ2v) is 6.03. The second-order valence-electron chi connectivity index (χ2n) is 6.03. The van der Waals surface area contributed by atoms with E-state index in [1.807, 2.05) is 36.4 Å². The van der Waals surface area contributed by atoms with Gasteiger partial charge in [0.05, 0.1) is 0 Å². The van der Waals surface area contributed by atoms with E-state index in [0.29, 0.717) is 19.1 Å². The smallest absolute Gasteiger partial charge is 0.243 e. The summed E-state index contributed by atoms with van der Waals surface area (Å²) in [5.41, 5.74) is 1.99. The molecule has 1 aromatic heterocycles. The lowest BCUT2D eigenvalue weighted by Gasteiger charge is -2.06. The predicted octanol–water partition coefficient (Wildman–Crippen LogP) is 3.84. The molecule has 24 heavy (non-hydrogen) atoms. The van der Waals surface area contributed by atoms with Crippen LogP contribution in [0.2, 0.25) is 0 Å². The SMILES string of the molecule is CC(C)CCNC(=O)/C=C/c1ccc(OCc2cccnc2)cc1. The molecular weight excluding hydrogens is 300 g/mol. The van der Waals surface area contributed by atoms with E-state index in [1.54, 1.807) is 24.5 Å². The summed E-state index contributed by atoms with van der Waals surface area (Å²) in [4.78, 5) is 15.8. The zero-order valence-electron chi connectivity index (χ0n) is 14.2. The number of nitrogens with zero attached hydrogens (tertiary/aromatic N) is 1. The summed E-state index contributed by atoms with van der Waals surface area (Å²) in [5, 5.41) is 2.88. The first-order valence-electron chi connectivity index (χ1n) is 8.21. The highest BCUT2D eigenvalue weighted by atomic mass is 16.5. The number of hydrogen-bond acceptors (Lipinski definition) is 3. The molecule has 0 saturated heterocycles. The van der Waals surface area contributed by atoms with Crippen molar-refractivity contribution in [3.8, 4) is 5.75 Å². The molecule has 0 spiro atoms. The molecule has 1 aromatic carbocycles. The highest BCUT2D eigenvalue weighted by Crippen LogP contribution is 2.14. The van der Waals surface area contributed by atoms with Crippen LogP contribution in [0.1, 0.15) is 31.4 Å². The topological polar surface area (TPSA) is 51.2 Å². The Bertz CT molecular complexity index is 649. The Labute approximate surface area is 143 Å². The van der Waals surface area contributed by atoms with Crippen molar-refractivity contribution in [3.63, 3.8) is 0 Å². The van der Waals surface area contributed by atoms with Gasteiger partial charge in [0.15, 0.2) is 0 Å². The highest BCUT2D eigenvalue weighted by molar-refractivity contribution is 5.91. The fourth-order valence-corrected chi connectivity index (χ4v) is 2.04. The molecule has 1 amide bonds. The lowest BCUT2D eigenvalue weighted by Crippen LogP contribution is -2.23. The quantitative estimate of drug-likeness (QED) is 0.751. The molecule has 0 aliphatic rings. The van der Waals surface area contributed by atoms with Crippen LogP contribution in [0.4, 0.5) is 0 Å². The van der Waals surface area contributed by atoms with Gasteiger partial charge in [0.25, 0.3) is 0 Å². The third-order valence-corrected chi connectivity index (χ3v) is 3.46. The number of rotatable bonds is 8. The first-order valence-corrected chi connectivity index (χ1v) is 8.21. The van der Waals surface area contributed by atoms with Crippen molar-refractivity contribution in [1.29, 1.82) is 0 Å². The Morgan fingerprint density at radius 1 is 1.25 bits per heavy atom. The highest BCUT2D eigenvalue weighted by Gasteiger charge is 1.98. The molecule has 4 heteroatoms. The largest absolute Gasteiger partial charge is 0.489 e. The Kier molecular flexibility index (Phi) is 7.02. The van der Waals surface area contributed by atoms with Crippen molar-refractivity contribution < 1.29 is 9.53 Å².